The summed E-state index contributed by atoms with van der Waals surface area (Å²) in [5, 5.41) is 0. The fourth-order valence-electron chi connectivity index (χ4n) is 4.44. The van der Waals surface area contributed by atoms with E-state index in [2.05, 4.69) is 0 Å². The Morgan fingerprint density at radius 3 is 2.10 bits per heavy atom. The number of benzene rings is 4. The lowest BCUT2D eigenvalue weighted by Gasteiger charge is -2.18. The first-order valence-electron chi connectivity index (χ1n) is 12.5. The molecule has 8 nitrogen and oxygen atoms in total. The van der Waals surface area contributed by atoms with Crippen LogP contribution in [-0.2, 0) is 18.0 Å². The predicted octanol–water partition coefficient (Wildman–Crippen LogP) is 6.39. The van der Waals surface area contributed by atoms with E-state index in [0.717, 1.165) is 11.1 Å². The molecule has 0 saturated heterocycles. The molecule has 0 unspecified atom stereocenters. The Morgan fingerprint density at radius 1 is 0.825 bits per heavy atom. The van der Waals surface area contributed by atoms with Crippen molar-refractivity contribution in [3.8, 4) is 28.7 Å². The third kappa shape index (κ3) is 5.11. The number of ether oxygens (including phenoxy) is 5. The van der Waals surface area contributed by atoms with Crippen LogP contribution in [0.2, 0.25) is 0 Å². The summed E-state index contributed by atoms with van der Waals surface area (Å²) < 4.78 is 29.0. The number of esters is 2. The van der Waals surface area contributed by atoms with Gasteiger partial charge in [-0.25, -0.2) is 9.59 Å². The monoisotopic (exact) mass is 538 g/mol. The highest BCUT2D eigenvalue weighted by Crippen LogP contribution is 2.48. The molecular weight excluding hydrogens is 512 g/mol. The molecule has 4 aromatic carbocycles. The molecule has 0 radical (unpaired) electrons. The minimum absolute atomic E-state index is 0.00443. The third-order valence-corrected chi connectivity index (χ3v) is 6.53. The number of hydrogen-bond acceptors (Lipinski definition) is 8. The van der Waals surface area contributed by atoms with Crippen LogP contribution < -0.4 is 18.9 Å². The summed E-state index contributed by atoms with van der Waals surface area (Å²) in [6.07, 6.45) is 0.556. The number of carbonyl (C=O) groups is 3. The fourth-order valence-corrected chi connectivity index (χ4v) is 4.44. The van der Waals surface area contributed by atoms with Crippen LogP contribution in [0, 0.1) is 13.8 Å². The van der Waals surface area contributed by atoms with Crippen LogP contribution in [0.3, 0.4) is 0 Å². The van der Waals surface area contributed by atoms with Crippen molar-refractivity contribution < 1.29 is 38.1 Å². The van der Waals surface area contributed by atoms with Crippen molar-refractivity contribution in [1.82, 2.24) is 0 Å². The fraction of sp³-hybridized carbons (Fsp3) is 0.156. The summed E-state index contributed by atoms with van der Waals surface area (Å²) in [5.41, 5.74) is 2.62. The lowest BCUT2D eigenvalue weighted by atomic mass is 10.0. The van der Waals surface area contributed by atoms with E-state index >= 15 is 0 Å². The molecule has 40 heavy (non-hydrogen) atoms. The van der Waals surface area contributed by atoms with E-state index < -0.39 is 11.9 Å². The summed E-state index contributed by atoms with van der Waals surface area (Å²) >= 11 is 0. The van der Waals surface area contributed by atoms with Crippen molar-refractivity contribution in [2.45, 2.75) is 27.1 Å². The molecule has 0 saturated carbocycles. The van der Waals surface area contributed by atoms with Gasteiger partial charge in [-0.05, 0) is 42.7 Å². The highest BCUT2D eigenvalue weighted by atomic mass is 16.6. The Kier molecular flexibility index (Phi) is 7.50. The average molecular weight is 539 g/mol. The zero-order valence-electron chi connectivity index (χ0n) is 22.2. The van der Waals surface area contributed by atoms with Gasteiger partial charge in [0.15, 0.2) is 23.5 Å². The molecule has 1 aliphatic heterocycles. The van der Waals surface area contributed by atoms with Crippen LogP contribution in [-0.4, -0.2) is 25.3 Å². The normalized spacial score (nSPS) is 11.7. The van der Waals surface area contributed by atoms with E-state index in [1.165, 1.54) is 13.2 Å². The summed E-state index contributed by atoms with van der Waals surface area (Å²) in [7, 11) is 1.44. The number of hydrogen-bond donors (Lipinski definition) is 0. The maximum absolute atomic E-state index is 13.4. The minimum Gasteiger partial charge on any atom is -0.496 e. The number of carbonyl (C=O) groups excluding carboxylic acids is 3. The van der Waals surface area contributed by atoms with Crippen molar-refractivity contribution >= 4 is 18.2 Å². The van der Waals surface area contributed by atoms with Crippen LogP contribution in [0.15, 0.2) is 72.8 Å². The number of aryl methyl sites for hydroxylation is 1. The third-order valence-electron chi connectivity index (χ3n) is 6.53. The molecule has 0 bridgehead atoms. The molecule has 1 heterocycles. The van der Waals surface area contributed by atoms with Gasteiger partial charge in [0, 0.05) is 5.56 Å². The van der Waals surface area contributed by atoms with Gasteiger partial charge in [-0.15, -0.1) is 0 Å². The molecule has 0 fully saturated rings. The Balaban J connectivity index is 1.59. The summed E-state index contributed by atoms with van der Waals surface area (Å²) in [4.78, 5) is 39.1. The molecule has 0 spiro atoms. The van der Waals surface area contributed by atoms with Gasteiger partial charge >= 0.3 is 11.9 Å². The summed E-state index contributed by atoms with van der Waals surface area (Å²) in [6.45, 7) is 3.56. The first-order chi connectivity index (χ1) is 19.4. The largest absolute Gasteiger partial charge is 0.496 e. The van der Waals surface area contributed by atoms with Crippen LogP contribution in [0.5, 0.6) is 28.7 Å². The minimum atomic E-state index is -0.746. The molecular formula is C32H26O8. The Labute approximate surface area is 231 Å². The van der Waals surface area contributed by atoms with Crippen LogP contribution in [0.4, 0.5) is 0 Å². The Hall–Kier alpha value is -5.11. The van der Waals surface area contributed by atoms with E-state index in [9.17, 15) is 14.4 Å². The average Bonchev–Trinajstić information content (AvgIpc) is 3.13. The van der Waals surface area contributed by atoms with E-state index in [1.807, 2.05) is 60.7 Å². The first-order valence-corrected chi connectivity index (χ1v) is 12.5. The molecule has 0 N–H and O–H groups in total. The van der Waals surface area contributed by atoms with Gasteiger partial charge in [0.1, 0.15) is 35.8 Å². The van der Waals surface area contributed by atoms with Crippen molar-refractivity contribution in [3.63, 3.8) is 0 Å². The van der Waals surface area contributed by atoms with Gasteiger partial charge in [0.05, 0.1) is 12.7 Å². The second-order valence-electron chi connectivity index (χ2n) is 9.16. The maximum atomic E-state index is 13.4. The second-order valence-corrected chi connectivity index (χ2v) is 9.16. The molecule has 4 aromatic rings. The number of rotatable bonds is 8. The SMILES string of the molecule is COc1cc(C(=O)OCc2ccccc2)c2c(c1C)OC(=O)c1c(C)cc(OCc3ccccc3)c(C=O)c1O2. The van der Waals surface area contributed by atoms with Gasteiger partial charge < -0.3 is 23.7 Å². The number of aldehydes is 1. The van der Waals surface area contributed by atoms with Gasteiger partial charge in [-0.1, -0.05) is 60.7 Å². The van der Waals surface area contributed by atoms with E-state index in [4.69, 9.17) is 23.7 Å². The Morgan fingerprint density at radius 2 is 1.48 bits per heavy atom. The molecule has 202 valence electrons. The highest BCUT2D eigenvalue weighted by Gasteiger charge is 2.34. The number of fused-ring (bicyclic) bond motifs is 2. The van der Waals surface area contributed by atoms with Crippen molar-refractivity contribution in [3.05, 3.63) is 112 Å². The lowest BCUT2D eigenvalue weighted by Crippen LogP contribution is -2.12. The van der Waals surface area contributed by atoms with Crippen LogP contribution in [0.1, 0.15) is 53.3 Å². The zero-order chi connectivity index (χ0) is 28.2. The van der Waals surface area contributed by atoms with Gasteiger partial charge in [0.25, 0.3) is 0 Å². The molecule has 1 aliphatic rings. The quantitative estimate of drug-likeness (QED) is 0.145. The van der Waals surface area contributed by atoms with E-state index in [-0.39, 0.29) is 52.9 Å². The second kappa shape index (κ2) is 11.3. The summed E-state index contributed by atoms with van der Waals surface area (Å²) in [6, 6.07) is 21.7. The van der Waals surface area contributed by atoms with Gasteiger partial charge in [0.2, 0.25) is 0 Å². The topological polar surface area (TPSA) is 97.4 Å². The molecule has 0 aliphatic carbocycles. The standard InChI is InChI=1S/C32H26O8/c1-19-14-26(37-17-21-10-6-4-7-11-21)24(16-33)29-27(19)32(35)40-28-20(2)25(36-3)15-23(30(28)39-29)31(34)38-18-22-12-8-5-9-13-22/h4-16H,17-18H2,1-3H3. The van der Waals surface area contributed by atoms with Crippen LogP contribution >= 0.6 is 0 Å². The highest BCUT2D eigenvalue weighted by molar-refractivity contribution is 6.03. The van der Waals surface area contributed by atoms with Gasteiger partial charge in [-0.2, -0.15) is 0 Å². The number of methoxy groups -OCH3 is 1. The maximum Gasteiger partial charge on any atom is 0.347 e. The lowest BCUT2D eigenvalue weighted by molar-refractivity contribution is 0.0467. The smallest absolute Gasteiger partial charge is 0.347 e. The van der Waals surface area contributed by atoms with Crippen molar-refractivity contribution in [2.24, 2.45) is 0 Å². The van der Waals surface area contributed by atoms with Crippen molar-refractivity contribution in [1.29, 1.82) is 0 Å². The zero-order valence-corrected chi connectivity index (χ0v) is 22.2. The van der Waals surface area contributed by atoms with Crippen LogP contribution in [0.25, 0.3) is 0 Å². The predicted molar refractivity (Wildman–Crippen MR) is 146 cm³/mol. The molecule has 8 heteroatoms. The van der Waals surface area contributed by atoms with Gasteiger partial charge in [-0.3, -0.25) is 4.79 Å². The Bertz CT molecular complexity index is 1590. The molecule has 0 amide bonds. The van der Waals surface area contributed by atoms with E-state index in [0.29, 0.717) is 23.2 Å². The molecule has 5 rings (SSSR count). The van der Waals surface area contributed by atoms with Crippen molar-refractivity contribution in [2.75, 3.05) is 7.11 Å². The summed E-state index contributed by atoms with van der Waals surface area (Å²) in [5.74, 6) is -1.08. The van der Waals surface area contributed by atoms with E-state index in [1.54, 1.807) is 19.9 Å². The first kappa shape index (κ1) is 26.5. The molecule has 0 atom stereocenters. The molecule has 0 aromatic heterocycles.